The molecule has 0 unspecified atom stereocenters. The van der Waals surface area contributed by atoms with Crippen molar-refractivity contribution < 1.29 is 9.53 Å². The highest BCUT2D eigenvalue weighted by Gasteiger charge is 2.28. The Hall–Kier alpha value is -2.02. The summed E-state index contributed by atoms with van der Waals surface area (Å²) in [7, 11) is 1.67. The maximum atomic E-state index is 12.2. The van der Waals surface area contributed by atoms with E-state index in [9.17, 15) is 4.79 Å². The molecule has 1 N–H and O–H groups in total. The summed E-state index contributed by atoms with van der Waals surface area (Å²) in [6.45, 7) is 5.17. The molecule has 2 aromatic rings. The summed E-state index contributed by atoms with van der Waals surface area (Å²) < 4.78 is 7.56. The first kappa shape index (κ1) is 21.7. The van der Waals surface area contributed by atoms with Crippen LogP contribution in [0.5, 0.6) is 5.75 Å². The van der Waals surface area contributed by atoms with Gasteiger partial charge in [0.05, 0.1) is 12.9 Å². The van der Waals surface area contributed by atoms with Crippen molar-refractivity contribution in [1.29, 1.82) is 0 Å². The molecule has 1 aliphatic carbocycles. The summed E-state index contributed by atoms with van der Waals surface area (Å²) in [4.78, 5) is 12.2. The van der Waals surface area contributed by atoms with Gasteiger partial charge in [0.2, 0.25) is 5.91 Å². The molecule has 1 aromatic carbocycles. The van der Waals surface area contributed by atoms with E-state index in [0.717, 1.165) is 48.1 Å². The smallest absolute Gasteiger partial charge is 0.230 e. The maximum absolute atomic E-state index is 12.2. The van der Waals surface area contributed by atoms with E-state index >= 15 is 0 Å². The Bertz CT molecular complexity index is 791. The fraction of sp³-hybridized carbons (Fsp3) is 0.591. The van der Waals surface area contributed by atoms with Crippen molar-refractivity contribution in [2.24, 2.45) is 5.92 Å². The van der Waals surface area contributed by atoms with Crippen molar-refractivity contribution in [3.63, 3.8) is 0 Å². The van der Waals surface area contributed by atoms with E-state index in [0.29, 0.717) is 17.7 Å². The van der Waals surface area contributed by atoms with Gasteiger partial charge in [-0.25, -0.2) is 0 Å². The molecule has 0 aliphatic heterocycles. The van der Waals surface area contributed by atoms with Gasteiger partial charge >= 0.3 is 0 Å². The highest BCUT2D eigenvalue weighted by atomic mass is 32.2. The predicted octanol–water partition coefficient (Wildman–Crippen LogP) is 4.71. The highest BCUT2D eigenvalue weighted by molar-refractivity contribution is 7.99. The largest absolute Gasteiger partial charge is 0.497 e. The molecule has 3 rings (SSSR count). The van der Waals surface area contributed by atoms with Crippen molar-refractivity contribution in [2.75, 3.05) is 19.4 Å². The molecule has 1 saturated carbocycles. The molecular weight excluding hydrogens is 384 g/mol. The Balaban J connectivity index is 1.83. The molecule has 7 heteroatoms. The van der Waals surface area contributed by atoms with Crippen LogP contribution in [0.2, 0.25) is 0 Å². The second kappa shape index (κ2) is 10.7. The number of hydrogen-bond donors (Lipinski definition) is 1. The van der Waals surface area contributed by atoms with Crippen LogP contribution in [0, 0.1) is 5.92 Å². The minimum atomic E-state index is 0.0562. The SMILES string of the molecule is CCCCNC(=O)CSc1nnc(-c2ccc(OC)cc2)n1[C@@H]1CCCC[C@H]1C. The molecule has 29 heavy (non-hydrogen) atoms. The molecule has 0 saturated heterocycles. The number of aromatic nitrogens is 3. The summed E-state index contributed by atoms with van der Waals surface area (Å²) in [6, 6.07) is 8.32. The zero-order chi connectivity index (χ0) is 20.6. The first-order valence-electron chi connectivity index (χ1n) is 10.6. The van der Waals surface area contributed by atoms with E-state index < -0.39 is 0 Å². The third-order valence-corrected chi connectivity index (χ3v) is 6.54. The highest BCUT2D eigenvalue weighted by Crippen LogP contribution is 2.39. The van der Waals surface area contributed by atoms with Crippen LogP contribution in [0.25, 0.3) is 11.4 Å². The third-order valence-electron chi connectivity index (χ3n) is 5.60. The van der Waals surface area contributed by atoms with Crippen molar-refractivity contribution in [2.45, 2.75) is 63.6 Å². The minimum Gasteiger partial charge on any atom is -0.497 e. The summed E-state index contributed by atoms with van der Waals surface area (Å²) >= 11 is 1.48. The van der Waals surface area contributed by atoms with Gasteiger partial charge in [0.15, 0.2) is 11.0 Å². The predicted molar refractivity (Wildman–Crippen MR) is 117 cm³/mol. The zero-order valence-electron chi connectivity index (χ0n) is 17.7. The van der Waals surface area contributed by atoms with Crippen LogP contribution in [0.15, 0.2) is 29.4 Å². The van der Waals surface area contributed by atoms with Crippen LogP contribution in [-0.2, 0) is 4.79 Å². The number of thioether (sulfide) groups is 1. The number of benzene rings is 1. The van der Waals surface area contributed by atoms with Gasteiger partial charge in [0.25, 0.3) is 0 Å². The molecule has 1 aliphatic rings. The lowest BCUT2D eigenvalue weighted by molar-refractivity contribution is -0.118. The zero-order valence-corrected chi connectivity index (χ0v) is 18.5. The normalized spacial score (nSPS) is 19.1. The van der Waals surface area contributed by atoms with Crippen molar-refractivity contribution in [1.82, 2.24) is 20.1 Å². The summed E-state index contributed by atoms with van der Waals surface area (Å²) in [5.74, 6) is 2.69. The second-order valence-corrected chi connectivity index (χ2v) is 8.67. The Morgan fingerprint density at radius 2 is 2.00 bits per heavy atom. The monoisotopic (exact) mass is 416 g/mol. The third kappa shape index (κ3) is 5.53. The number of ether oxygens (including phenoxy) is 1. The molecule has 6 nitrogen and oxygen atoms in total. The first-order chi connectivity index (χ1) is 14.1. The number of nitrogens with zero attached hydrogens (tertiary/aromatic N) is 3. The van der Waals surface area contributed by atoms with Crippen LogP contribution in [0.4, 0.5) is 0 Å². The topological polar surface area (TPSA) is 69.0 Å². The van der Waals surface area contributed by atoms with E-state index in [1.54, 1.807) is 7.11 Å². The van der Waals surface area contributed by atoms with Gasteiger partial charge in [-0.05, 0) is 49.4 Å². The number of carbonyl (C=O) groups excluding carboxylic acids is 1. The van der Waals surface area contributed by atoms with Gasteiger partial charge < -0.3 is 10.1 Å². The lowest BCUT2D eigenvalue weighted by Gasteiger charge is -2.31. The van der Waals surface area contributed by atoms with Crippen LogP contribution in [0.3, 0.4) is 0 Å². The molecule has 0 radical (unpaired) electrons. The van der Waals surface area contributed by atoms with Crippen LogP contribution >= 0.6 is 11.8 Å². The van der Waals surface area contributed by atoms with E-state index in [1.807, 2.05) is 24.3 Å². The van der Waals surface area contributed by atoms with Gasteiger partial charge in [0, 0.05) is 18.2 Å². The van der Waals surface area contributed by atoms with Crippen molar-refractivity contribution >= 4 is 17.7 Å². The van der Waals surface area contributed by atoms with Crippen molar-refractivity contribution in [3.8, 4) is 17.1 Å². The first-order valence-corrected chi connectivity index (χ1v) is 11.6. The average Bonchev–Trinajstić information content (AvgIpc) is 3.16. The van der Waals surface area contributed by atoms with E-state index in [1.165, 1.54) is 31.0 Å². The van der Waals surface area contributed by atoms with E-state index in [-0.39, 0.29) is 5.91 Å². The molecule has 0 spiro atoms. The van der Waals surface area contributed by atoms with Gasteiger partial charge in [-0.2, -0.15) is 0 Å². The summed E-state index contributed by atoms with van der Waals surface area (Å²) in [5, 5.41) is 12.8. The molecule has 2 atom stereocenters. The van der Waals surface area contributed by atoms with Crippen LogP contribution < -0.4 is 10.1 Å². The fourth-order valence-corrected chi connectivity index (χ4v) is 4.70. The lowest BCUT2D eigenvalue weighted by atomic mass is 9.85. The van der Waals surface area contributed by atoms with Crippen LogP contribution in [-0.4, -0.2) is 40.1 Å². The molecule has 1 heterocycles. The van der Waals surface area contributed by atoms with Gasteiger partial charge in [0.1, 0.15) is 5.75 Å². The fourth-order valence-electron chi connectivity index (χ4n) is 3.88. The number of amides is 1. The van der Waals surface area contributed by atoms with E-state index in [2.05, 4.69) is 33.9 Å². The Kier molecular flexibility index (Phi) is 7.98. The molecule has 1 aromatic heterocycles. The molecule has 0 bridgehead atoms. The summed E-state index contributed by atoms with van der Waals surface area (Å²) in [6.07, 6.45) is 6.92. The standard InChI is InChI=1S/C22H32N4O2S/c1-4-5-14-23-20(27)15-29-22-25-24-21(17-10-12-18(28-3)13-11-17)26(22)19-9-7-6-8-16(19)2/h10-13,16,19H,4-9,14-15H2,1-3H3,(H,23,27)/t16-,19-/m1/s1. The van der Waals surface area contributed by atoms with Crippen molar-refractivity contribution in [3.05, 3.63) is 24.3 Å². The number of carbonyl (C=O) groups is 1. The Morgan fingerprint density at radius 3 is 2.69 bits per heavy atom. The van der Waals surface area contributed by atoms with Crippen LogP contribution in [0.1, 0.15) is 58.4 Å². The second-order valence-electron chi connectivity index (χ2n) is 7.73. The number of nitrogens with one attached hydrogen (secondary N) is 1. The average molecular weight is 417 g/mol. The molecule has 158 valence electrons. The molecule has 1 amide bonds. The quantitative estimate of drug-likeness (QED) is 0.473. The van der Waals surface area contributed by atoms with Gasteiger partial charge in [-0.15, -0.1) is 10.2 Å². The van der Waals surface area contributed by atoms with E-state index in [4.69, 9.17) is 4.74 Å². The number of hydrogen-bond acceptors (Lipinski definition) is 5. The molecule has 1 fully saturated rings. The minimum absolute atomic E-state index is 0.0562. The Labute approximate surface area is 177 Å². The Morgan fingerprint density at radius 1 is 1.24 bits per heavy atom. The van der Waals surface area contributed by atoms with Gasteiger partial charge in [-0.1, -0.05) is 44.9 Å². The maximum Gasteiger partial charge on any atom is 0.230 e. The number of rotatable bonds is 9. The molecular formula is C22H32N4O2S. The van der Waals surface area contributed by atoms with Gasteiger partial charge in [-0.3, -0.25) is 9.36 Å². The lowest BCUT2D eigenvalue weighted by Crippen LogP contribution is -2.26. The number of methoxy groups -OCH3 is 1. The summed E-state index contributed by atoms with van der Waals surface area (Å²) in [5.41, 5.74) is 1.02. The number of unbranched alkanes of at least 4 members (excludes halogenated alkanes) is 1.